The molecule has 0 aliphatic heterocycles. The summed E-state index contributed by atoms with van der Waals surface area (Å²) in [4.78, 5) is 22.4. The average molecular weight is 263 g/mol. The number of carbonyl (C=O) groups excluding carboxylic acids is 1. The lowest BCUT2D eigenvalue weighted by atomic mass is 10.2. The van der Waals surface area contributed by atoms with E-state index < -0.39 is 11.8 Å². The molecule has 0 radical (unpaired) electrons. The Bertz CT molecular complexity index is 577. The fourth-order valence-corrected chi connectivity index (χ4v) is 1.40. The van der Waals surface area contributed by atoms with Gasteiger partial charge in [-0.3, -0.25) is 0 Å². The first-order valence-electron chi connectivity index (χ1n) is 5.68. The fraction of sp³-hybridized carbons (Fsp3) is 0.273. The zero-order valence-corrected chi connectivity index (χ0v) is 10.1. The van der Waals surface area contributed by atoms with Crippen LogP contribution in [0.2, 0.25) is 0 Å². The van der Waals surface area contributed by atoms with E-state index in [1.165, 1.54) is 0 Å². The maximum absolute atomic E-state index is 11.4. The Labute approximate surface area is 108 Å². The third-order valence-corrected chi connectivity index (χ3v) is 2.34. The Kier molecular flexibility index (Phi) is 4.27. The van der Waals surface area contributed by atoms with E-state index in [4.69, 9.17) is 4.74 Å². The molecule has 0 atom stereocenters. The summed E-state index contributed by atoms with van der Waals surface area (Å²) in [6.07, 6.45) is -0.541. The van der Waals surface area contributed by atoms with Gasteiger partial charge in [0, 0.05) is 6.54 Å². The van der Waals surface area contributed by atoms with Crippen LogP contribution in [0.15, 0.2) is 35.1 Å². The largest absolute Gasteiger partial charge is 0.445 e. The van der Waals surface area contributed by atoms with Gasteiger partial charge in [0.05, 0.1) is 6.54 Å². The molecule has 1 amide bonds. The van der Waals surface area contributed by atoms with E-state index in [9.17, 15) is 9.59 Å². The highest BCUT2D eigenvalue weighted by Gasteiger charge is 2.03. The molecule has 0 unspecified atom stereocenters. The van der Waals surface area contributed by atoms with Gasteiger partial charge < -0.3 is 10.1 Å². The third-order valence-electron chi connectivity index (χ3n) is 2.34. The number of hydrogen-bond donors (Lipinski definition) is 2. The van der Waals surface area contributed by atoms with Gasteiger partial charge in [-0.25, -0.2) is 14.7 Å². The van der Waals surface area contributed by atoms with Gasteiger partial charge in [0.25, 0.3) is 0 Å². The van der Waals surface area contributed by atoms with Crippen molar-refractivity contribution >= 4 is 6.09 Å². The molecule has 8 heteroatoms. The number of aromatic nitrogens is 4. The Balaban J connectivity index is 1.68. The first kappa shape index (κ1) is 12.8. The van der Waals surface area contributed by atoms with Crippen molar-refractivity contribution in [2.75, 3.05) is 6.54 Å². The van der Waals surface area contributed by atoms with Crippen LogP contribution < -0.4 is 11.0 Å². The lowest BCUT2D eigenvalue weighted by molar-refractivity contribution is 0.139. The van der Waals surface area contributed by atoms with Crippen molar-refractivity contribution in [2.24, 2.45) is 0 Å². The summed E-state index contributed by atoms with van der Waals surface area (Å²) in [6.45, 7) is 0.673. The molecule has 100 valence electrons. The summed E-state index contributed by atoms with van der Waals surface area (Å²) < 4.78 is 6.11. The summed E-state index contributed by atoms with van der Waals surface area (Å²) in [7, 11) is 0. The van der Waals surface area contributed by atoms with Crippen LogP contribution in [0.5, 0.6) is 0 Å². The van der Waals surface area contributed by atoms with Gasteiger partial charge in [-0.2, -0.15) is 4.68 Å². The molecular weight excluding hydrogens is 250 g/mol. The van der Waals surface area contributed by atoms with E-state index in [1.807, 2.05) is 30.3 Å². The second-order valence-electron chi connectivity index (χ2n) is 3.72. The summed E-state index contributed by atoms with van der Waals surface area (Å²) in [6, 6.07) is 9.35. The van der Waals surface area contributed by atoms with E-state index in [0.29, 0.717) is 0 Å². The van der Waals surface area contributed by atoms with Gasteiger partial charge in [-0.1, -0.05) is 30.3 Å². The molecule has 0 saturated heterocycles. The third kappa shape index (κ3) is 3.95. The number of rotatable bonds is 5. The summed E-state index contributed by atoms with van der Waals surface area (Å²) in [5.74, 6) is 0. The van der Waals surface area contributed by atoms with Gasteiger partial charge in [0.2, 0.25) is 0 Å². The van der Waals surface area contributed by atoms with Crippen LogP contribution in [0.3, 0.4) is 0 Å². The van der Waals surface area contributed by atoms with Crippen LogP contribution in [-0.2, 0) is 17.9 Å². The molecule has 8 nitrogen and oxygen atoms in total. The number of ether oxygens (including phenoxy) is 1. The van der Waals surface area contributed by atoms with E-state index in [0.717, 1.165) is 10.2 Å². The number of benzene rings is 1. The van der Waals surface area contributed by atoms with E-state index in [1.54, 1.807) is 0 Å². The standard InChI is InChI=1S/C11H13N5O3/c17-10-13-14-15-16(10)7-6-12-11(18)19-8-9-4-2-1-3-5-9/h1-5H,6-8H2,(H,12,18)(H,13,15,17). The molecule has 1 aromatic heterocycles. The summed E-state index contributed by atoms with van der Waals surface area (Å²) in [5.41, 5.74) is 0.491. The van der Waals surface area contributed by atoms with Crippen LogP contribution >= 0.6 is 0 Å². The average Bonchev–Trinajstić information content (AvgIpc) is 2.83. The lowest BCUT2D eigenvalue weighted by Crippen LogP contribution is -2.30. The van der Waals surface area contributed by atoms with Gasteiger partial charge >= 0.3 is 11.8 Å². The van der Waals surface area contributed by atoms with Crippen molar-refractivity contribution in [2.45, 2.75) is 13.2 Å². The van der Waals surface area contributed by atoms with Gasteiger partial charge in [0.15, 0.2) is 0 Å². The van der Waals surface area contributed by atoms with E-state index >= 15 is 0 Å². The van der Waals surface area contributed by atoms with E-state index in [2.05, 4.69) is 20.8 Å². The second kappa shape index (κ2) is 6.34. The molecule has 1 aromatic carbocycles. The minimum absolute atomic E-state index is 0.205. The topological polar surface area (TPSA) is 102 Å². The molecule has 2 N–H and O–H groups in total. The van der Waals surface area contributed by atoms with Crippen LogP contribution in [0, 0.1) is 0 Å². The highest BCUT2D eigenvalue weighted by atomic mass is 16.5. The number of hydrogen-bond acceptors (Lipinski definition) is 5. The molecule has 0 spiro atoms. The maximum atomic E-state index is 11.4. The predicted molar refractivity (Wildman–Crippen MR) is 65.3 cm³/mol. The Hall–Kier alpha value is -2.64. The Morgan fingerprint density at radius 1 is 1.37 bits per heavy atom. The number of nitrogens with one attached hydrogen (secondary N) is 2. The minimum atomic E-state index is -0.541. The van der Waals surface area contributed by atoms with Crippen molar-refractivity contribution in [3.8, 4) is 0 Å². The second-order valence-corrected chi connectivity index (χ2v) is 3.72. The Morgan fingerprint density at radius 2 is 2.16 bits per heavy atom. The number of nitrogens with zero attached hydrogens (tertiary/aromatic N) is 3. The molecule has 0 fully saturated rings. The van der Waals surface area contributed by atoms with Crippen molar-refractivity contribution in [3.05, 3.63) is 46.4 Å². The van der Waals surface area contributed by atoms with Crippen molar-refractivity contribution in [3.63, 3.8) is 0 Å². The highest BCUT2D eigenvalue weighted by molar-refractivity contribution is 5.67. The minimum Gasteiger partial charge on any atom is -0.445 e. The number of alkyl carbamates (subject to hydrolysis) is 1. The lowest BCUT2D eigenvalue weighted by Gasteiger charge is -2.06. The highest BCUT2D eigenvalue weighted by Crippen LogP contribution is 2.00. The van der Waals surface area contributed by atoms with Crippen LogP contribution in [0.25, 0.3) is 0 Å². The number of carbonyl (C=O) groups is 1. The molecule has 19 heavy (non-hydrogen) atoms. The molecular formula is C11H13N5O3. The molecule has 0 aliphatic rings. The zero-order chi connectivity index (χ0) is 13.5. The van der Waals surface area contributed by atoms with Crippen LogP contribution in [-0.4, -0.2) is 32.8 Å². The molecule has 0 aliphatic carbocycles. The smallest absolute Gasteiger partial charge is 0.407 e. The molecule has 0 saturated carbocycles. The molecule has 2 rings (SSSR count). The predicted octanol–water partition coefficient (Wildman–Crippen LogP) is -0.107. The number of H-pyrrole nitrogens is 1. The normalized spacial score (nSPS) is 10.1. The molecule has 0 bridgehead atoms. The maximum Gasteiger partial charge on any atom is 0.407 e. The van der Waals surface area contributed by atoms with Gasteiger partial charge in [-0.15, -0.1) is 0 Å². The monoisotopic (exact) mass is 263 g/mol. The van der Waals surface area contributed by atoms with Crippen molar-refractivity contribution in [1.29, 1.82) is 0 Å². The Morgan fingerprint density at radius 3 is 2.84 bits per heavy atom. The van der Waals surface area contributed by atoms with Crippen LogP contribution in [0.4, 0.5) is 4.79 Å². The zero-order valence-electron chi connectivity index (χ0n) is 10.1. The summed E-state index contributed by atoms with van der Waals surface area (Å²) >= 11 is 0. The van der Waals surface area contributed by atoms with E-state index in [-0.39, 0.29) is 19.7 Å². The first-order valence-corrected chi connectivity index (χ1v) is 5.68. The van der Waals surface area contributed by atoms with Crippen molar-refractivity contribution < 1.29 is 9.53 Å². The van der Waals surface area contributed by atoms with Gasteiger partial charge in [-0.05, 0) is 16.0 Å². The fourth-order valence-electron chi connectivity index (χ4n) is 1.40. The molecule has 1 heterocycles. The number of aromatic amines is 1. The SMILES string of the molecule is O=C(NCCn1nn[nH]c1=O)OCc1ccccc1. The number of tetrazole rings is 1. The first-order chi connectivity index (χ1) is 9.25. The molecule has 2 aromatic rings. The number of amides is 1. The quantitative estimate of drug-likeness (QED) is 0.783. The van der Waals surface area contributed by atoms with Gasteiger partial charge in [0.1, 0.15) is 6.61 Å². The van der Waals surface area contributed by atoms with Crippen LogP contribution in [0.1, 0.15) is 5.56 Å². The summed E-state index contributed by atoms with van der Waals surface area (Å²) in [5, 5.41) is 11.5. The van der Waals surface area contributed by atoms with Crippen molar-refractivity contribution in [1.82, 2.24) is 25.5 Å².